The molecule has 2 aliphatic rings. The molecule has 5 nitrogen and oxygen atoms in total. The molecule has 2 amide bonds. The molecule has 1 atom stereocenters. The summed E-state index contributed by atoms with van der Waals surface area (Å²) in [6.07, 6.45) is 2.60. The first-order valence-corrected chi connectivity index (χ1v) is 8.69. The van der Waals surface area contributed by atoms with E-state index in [4.69, 9.17) is 4.74 Å². The Balaban J connectivity index is 1.53. The van der Waals surface area contributed by atoms with Gasteiger partial charge in [0.25, 0.3) is 0 Å². The molecule has 6 heteroatoms. The monoisotopic (exact) mass is 322 g/mol. The van der Waals surface area contributed by atoms with Gasteiger partial charge in [-0.25, -0.2) is 0 Å². The number of rotatable bonds is 4. The first kappa shape index (κ1) is 15.5. The lowest BCUT2D eigenvalue weighted by molar-refractivity contribution is -0.147. The van der Waals surface area contributed by atoms with Gasteiger partial charge >= 0.3 is 0 Å². The zero-order chi connectivity index (χ0) is 15.5. The molecule has 2 aliphatic heterocycles. The predicted octanol–water partition coefficient (Wildman–Crippen LogP) is 1.91. The first-order chi connectivity index (χ1) is 10.7. The van der Waals surface area contributed by atoms with Crippen LogP contribution in [0.15, 0.2) is 17.5 Å². The van der Waals surface area contributed by atoms with E-state index in [-0.39, 0.29) is 30.4 Å². The number of likely N-dealkylation sites (tertiary alicyclic amines) is 2. The molecule has 1 aromatic rings. The van der Waals surface area contributed by atoms with Crippen LogP contribution in [0.5, 0.6) is 0 Å². The van der Waals surface area contributed by atoms with Crippen molar-refractivity contribution in [3.63, 3.8) is 0 Å². The second kappa shape index (κ2) is 6.79. The van der Waals surface area contributed by atoms with Crippen LogP contribution >= 0.6 is 11.3 Å². The zero-order valence-corrected chi connectivity index (χ0v) is 13.7. The zero-order valence-electron chi connectivity index (χ0n) is 12.9. The van der Waals surface area contributed by atoms with Gasteiger partial charge in [0, 0.05) is 37.5 Å². The number of carbonyl (C=O) groups excluding carboxylic acids is 2. The highest BCUT2D eigenvalue weighted by Gasteiger charge is 2.38. The Labute approximate surface area is 134 Å². The second-order valence-corrected chi connectivity index (χ2v) is 6.92. The van der Waals surface area contributed by atoms with Crippen molar-refractivity contribution in [2.24, 2.45) is 5.92 Å². The van der Waals surface area contributed by atoms with Crippen LogP contribution in [0.1, 0.15) is 30.2 Å². The number of ether oxygens (including phenoxy) is 1. The molecule has 0 unspecified atom stereocenters. The lowest BCUT2D eigenvalue weighted by atomic mass is 9.91. The van der Waals surface area contributed by atoms with Gasteiger partial charge < -0.3 is 14.5 Å². The summed E-state index contributed by atoms with van der Waals surface area (Å²) in [7, 11) is 1.53. The molecule has 2 fully saturated rings. The predicted molar refractivity (Wildman–Crippen MR) is 84.6 cm³/mol. The minimum absolute atomic E-state index is 0.0220. The van der Waals surface area contributed by atoms with Crippen LogP contribution in [0.2, 0.25) is 0 Å². The van der Waals surface area contributed by atoms with E-state index in [0.29, 0.717) is 13.1 Å². The third-order valence-electron chi connectivity index (χ3n) is 4.64. The number of amides is 2. The average Bonchev–Trinajstić information content (AvgIpc) is 3.00. The lowest BCUT2D eigenvalue weighted by Crippen LogP contribution is -2.50. The maximum atomic E-state index is 12.7. The minimum Gasteiger partial charge on any atom is -0.375 e. The number of carbonyl (C=O) groups is 2. The van der Waals surface area contributed by atoms with E-state index in [0.717, 1.165) is 25.8 Å². The third-order valence-corrected chi connectivity index (χ3v) is 5.61. The molecule has 0 N–H and O–H groups in total. The highest BCUT2D eigenvalue weighted by molar-refractivity contribution is 7.10. The summed E-state index contributed by atoms with van der Waals surface area (Å²) in [4.78, 5) is 29.6. The van der Waals surface area contributed by atoms with Gasteiger partial charge in [-0.3, -0.25) is 9.59 Å². The van der Waals surface area contributed by atoms with Crippen molar-refractivity contribution >= 4 is 23.2 Å². The Hall–Kier alpha value is -1.40. The van der Waals surface area contributed by atoms with Gasteiger partial charge in [-0.2, -0.15) is 0 Å². The lowest BCUT2D eigenvalue weighted by Gasteiger charge is -2.43. The fraction of sp³-hybridized carbons (Fsp3) is 0.625. The number of hydrogen-bond donors (Lipinski definition) is 0. The normalized spacial score (nSPS) is 22.5. The maximum Gasteiger partial charge on any atom is 0.248 e. The highest BCUT2D eigenvalue weighted by Crippen LogP contribution is 2.37. The van der Waals surface area contributed by atoms with Crippen molar-refractivity contribution in [1.29, 1.82) is 0 Å². The maximum absolute atomic E-state index is 12.7. The van der Waals surface area contributed by atoms with Gasteiger partial charge in [0.05, 0.1) is 6.04 Å². The van der Waals surface area contributed by atoms with Crippen LogP contribution in [0, 0.1) is 5.92 Å². The highest BCUT2D eigenvalue weighted by atomic mass is 32.1. The summed E-state index contributed by atoms with van der Waals surface area (Å²) in [5.41, 5.74) is 0. The molecule has 3 heterocycles. The van der Waals surface area contributed by atoms with Crippen LogP contribution < -0.4 is 0 Å². The van der Waals surface area contributed by atoms with Crippen molar-refractivity contribution in [2.75, 3.05) is 33.4 Å². The van der Waals surface area contributed by atoms with Gasteiger partial charge in [-0.1, -0.05) is 6.07 Å². The average molecular weight is 322 g/mol. The number of thiophene rings is 1. The Morgan fingerprint density at radius 1 is 1.27 bits per heavy atom. The van der Waals surface area contributed by atoms with Crippen LogP contribution in [-0.2, 0) is 14.3 Å². The van der Waals surface area contributed by atoms with E-state index >= 15 is 0 Å². The fourth-order valence-corrected chi connectivity index (χ4v) is 4.13. The van der Waals surface area contributed by atoms with Gasteiger partial charge in [0.1, 0.15) is 6.61 Å². The molecule has 0 aromatic carbocycles. The van der Waals surface area contributed by atoms with E-state index in [1.165, 1.54) is 12.0 Å². The molecule has 1 aromatic heterocycles. The largest absolute Gasteiger partial charge is 0.375 e. The summed E-state index contributed by atoms with van der Waals surface area (Å²) in [6.45, 7) is 2.32. The molecule has 0 saturated carbocycles. The van der Waals surface area contributed by atoms with Crippen molar-refractivity contribution in [2.45, 2.75) is 25.3 Å². The molecule has 3 rings (SSSR count). The molecule has 120 valence electrons. The Bertz CT molecular complexity index is 524. The summed E-state index contributed by atoms with van der Waals surface area (Å²) >= 11 is 1.72. The summed E-state index contributed by atoms with van der Waals surface area (Å²) in [5, 5.41) is 2.07. The Morgan fingerprint density at radius 2 is 2.05 bits per heavy atom. The molecule has 0 spiro atoms. The Kier molecular flexibility index (Phi) is 4.78. The van der Waals surface area contributed by atoms with Gasteiger partial charge in [0.2, 0.25) is 11.8 Å². The van der Waals surface area contributed by atoms with Crippen molar-refractivity contribution < 1.29 is 14.3 Å². The van der Waals surface area contributed by atoms with Crippen LogP contribution in [0.3, 0.4) is 0 Å². The van der Waals surface area contributed by atoms with E-state index in [2.05, 4.69) is 11.4 Å². The Morgan fingerprint density at radius 3 is 2.59 bits per heavy atom. The standard InChI is InChI=1S/C16H22N2O3S/c1-21-11-15(19)17-7-4-12(5-8-17)16(20)18-9-6-13(18)14-3-2-10-22-14/h2-3,10,12-13H,4-9,11H2,1H3/t13-/m0/s1. The van der Waals surface area contributed by atoms with E-state index in [9.17, 15) is 9.59 Å². The first-order valence-electron chi connectivity index (χ1n) is 7.81. The summed E-state index contributed by atoms with van der Waals surface area (Å²) in [5.74, 6) is 0.353. The smallest absolute Gasteiger partial charge is 0.248 e. The van der Waals surface area contributed by atoms with Crippen molar-refractivity contribution in [1.82, 2.24) is 9.80 Å². The quantitative estimate of drug-likeness (QED) is 0.851. The molecule has 2 saturated heterocycles. The van der Waals surface area contributed by atoms with Crippen molar-refractivity contribution in [3.05, 3.63) is 22.4 Å². The van der Waals surface area contributed by atoms with Gasteiger partial charge in [-0.15, -0.1) is 11.3 Å². The summed E-state index contributed by atoms with van der Waals surface area (Å²) < 4.78 is 4.89. The van der Waals surface area contributed by atoms with Crippen molar-refractivity contribution in [3.8, 4) is 0 Å². The van der Waals surface area contributed by atoms with Crippen LogP contribution in [-0.4, -0.2) is 55.0 Å². The third kappa shape index (κ3) is 3.03. The van der Waals surface area contributed by atoms with E-state index in [1.807, 2.05) is 11.0 Å². The number of piperidine rings is 1. The fourth-order valence-electron chi connectivity index (χ4n) is 3.25. The SMILES string of the molecule is COCC(=O)N1CCC(C(=O)N2CC[C@H]2c2cccs2)CC1. The molecule has 0 radical (unpaired) electrons. The van der Waals surface area contributed by atoms with E-state index < -0.39 is 0 Å². The van der Waals surface area contributed by atoms with Gasteiger partial charge in [0.15, 0.2) is 0 Å². The summed E-state index contributed by atoms with van der Waals surface area (Å²) in [6, 6.07) is 4.43. The molecule has 22 heavy (non-hydrogen) atoms. The van der Waals surface area contributed by atoms with E-state index in [1.54, 1.807) is 16.2 Å². The molecular weight excluding hydrogens is 300 g/mol. The molecular formula is C16H22N2O3S. The van der Waals surface area contributed by atoms with Crippen LogP contribution in [0.25, 0.3) is 0 Å². The van der Waals surface area contributed by atoms with Crippen LogP contribution in [0.4, 0.5) is 0 Å². The van der Waals surface area contributed by atoms with Gasteiger partial charge in [-0.05, 0) is 30.7 Å². The topological polar surface area (TPSA) is 49.9 Å². The second-order valence-electron chi connectivity index (χ2n) is 5.94. The number of hydrogen-bond acceptors (Lipinski definition) is 4. The molecule has 0 aliphatic carbocycles. The minimum atomic E-state index is 0.0220. The number of methoxy groups -OCH3 is 1. The number of nitrogens with zero attached hydrogens (tertiary/aromatic N) is 2. The molecule has 0 bridgehead atoms.